The van der Waals surface area contributed by atoms with Gasteiger partial charge >= 0.3 is 5.97 Å². The molecule has 1 atom stereocenters. The second kappa shape index (κ2) is 9.35. The summed E-state index contributed by atoms with van der Waals surface area (Å²) in [6.07, 6.45) is 6.17. The van der Waals surface area contributed by atoms with E-state index in [4.69, 9.17) is 21.1 Å². The average Bonchev–Trinajstić information content (AvgIpc) is 3.25. The Morgan fingerprint density at radius 2 is 1.64 bits per heavy atom. The van der Waals surface area contributed by atoms with Crippen molar-refractivity contribution in [1.29, 1.82) is 0 Å². The van der Waals surface area contributed by atoms with Gasteiger partial charge in [0.25, 0.3) is 0 Å². The summed E-state index contributed by atoms with van der Waals surface area (Å²) in [5.74, 6) is 1.06. The number of carbonyl (C=O) groups excluding carboxylic acids is 1. The molecule has 3 aliphatic rings. The number of rotatable bonds is 4. The Morgan fingerprint density at radius 3 is 2.49 bits per heavy atom. The predicted molar refractivity (Wildman–Crippen MR) is 155 cm³/mol. The maximum absolute atomic E-state index is 13.3. The topological polar surface area (TPSA) is 59.6 Å². The molecule has 5 nitrogen and oxygen atoms in total. The van der Waals surface area contributed by atoms with E-state index in [1.165, 1.54) is 32.1 Å². The number of hydrogen-bond donors (Lipinski definition) is 2. The van der Waals surface area contributed by atoms with Crippen LogP contribution in [0.4, 0.5) is 17.1 Å². The second-order valence-corrected chi connectivity index (χ2v) is 11.0. The van der Waals surface area contributed by atoms with Crippen LogP contribution in [-0.4, -0.2) is 12.0 Å². The van der Waals surface area contributed by atoms with Crippen LogP contribution in [0.3, 0.4) is 0 Å². The van der Waals surface area contributed by atoms with Crippen molar-refractivity contribution in [3.8, 4) is 11.5 Å². The number of ether oxygens (including phenoxy) is 2. The molecule has 4 aromatic carbocycles. The monoisotopic (exact) mass is 536 g/mol. The van der Waals surface area contributed by atoms with Crippen LogP contribution in [0.15, 0.2) is 78.9 Å². The fourth-order valence-corrected chi connectivity index (χ4v) is 6.47. The summed E-state index contributed by atoms with van der Waals surface area (Å²) in [6.45, 7) is 2.08. The number of carbonyl (C=O) groups is 1. The molecule has 1 fully saturated rings. The second-order valence-electron chi connectivity index (χ2n) is 10.6. The fourth-order valence-electron chi connectivity index (χ4n) is 6.29. The van der Waals surface area contributed by atoms with E-state index >= 15 is 0 Å². The van der Waals surface area contributed by atoms with Crippen molar-refractivity contribution in [2.75, 3.05) is 10.6 Å². The molecule has 196 valence electrons. The van der Waals surface area contributed by atoms with Crippen molar-refractivity contribution in [3.63, 3.8) is 0 Å². The molecule has 39 heavy (non-hydrogen) atoms. The molecular formula is C33H29ClN2O3. The van der Waals surface area contributed by atoms with Crippen LogP contribution in [0.25, 0.3) is 0 Å². The number of halogens is 1. The number of anilines is 3. The van der Waals surface area contributed by atoms with Crippen LogP contribution in [0.5, 0.6) is 11.5 Å². The van der Waals surface area contributed by atoms with Crippen LogP contribution < -0.4 is 15.4 Å². The van der Waals surface area contributed by atoms with Crippen molar-refractivity contribution >= 4 is 34.6 Å². The van der Waals surface area contributed by atoms with Crippen molar-refractivity contribution < 1.29 is 14.3 Å². The first-order valence-electron chi connectivity index (χ1n) is 13.6. The Morgan fingerprint density at radius 1 is 0.846 bits per heavy atom. The highest BCUT2D eigenvalue weighted by atomic mass is 35.5. The Kier molecular flexibility index (Phi) is 5.78. The summed E-state index contributed by atoms with van der Waals surface area (Å²) < 4.78 is 13.0. The zero-order chi connectivity index (χ0) is 26.6. The number of esters is 1. The third kappa shape index (κ3) is 3.87. The van der Waals surface area contributed by atoms with Crippen molar-refractivity contribution in [2.24, 2.45) is 0 Å². The van der Waals surface area contributed by atoms with E-state index in [9.17, 15) is 4.79 Å². The van der Waals surface area contributed by atoms with E-state index in [2.05, 4.69) is 29.7 Å². The molecule has 0 amide bonds. The summed E-state index contributed by atoms with van der Waals surface area (Å²) in [5.41, 5.74) is 5.57. The van der Waals surface area contributed by atoms with Gasteiger partial charge in [-0.15, -0.1) is 0 Å². The van der Waals surface area contributed by atoms with E-state index < -0.39 is 5.60 Å². The first-order chi connectivity index (χ1) is 19.0. The maximum Gasteiger partial charge on any atom is 0.340 e. The van der Waals surface area contributed by atoms with Gasteiger partial charge in [0.2, 0.25) is 0 Å². The molecular weight excluding hydrogens is 508 g/mol. The lowest BCUT2D eigenvalue weighted by Gasteiger charge is -2.38. The van der Waals surface area contributed by atoms with Crippen LogP contribution in [0, 0.1) is 6.92 Å². The molecule has 2 aliphatic heterocycles. The fraction of sp³-hybridized carbons (Fsp3) is 0.242. The highest BCUT2D eigenvalue weighted by Gasteiger charge is 2.54. The van der Waals surface area contributed by atoms with Gasteiger partial charge in [-0.2, -0.15) is 0 Å². The SMILES string of the molecule is Cc1c(NC2CCCCC2)ccc2c1Oc1ccc(Nc3ccccc3Cl)cc1C21OC(=O)c2ccccc21. The molecule has 0 aromatic heterocycles. The zero-order valence-corrected chi connectivity index (χ0v) is 22.5. The minimum absolute atomic E-state index is 0.337. The molecule has 0 bridgehead atoms. The Hall–Kier alpha value is -3.96. The average molecular weight is 537 g/mol. The lowest BCUT2D eigenvalue weighted by Crippen LogP contribution is -2.33. The lowest BCUT2D eigenvalue weighted by molar-refractivity contribution is 0.0224. The molecule has 7 rings (SSSR count). The Labute approximate surface area is 233 Å². The molecule has 0 radical (unpaired) electrons. The normalized spacial score (nSPS) is 19.5. The highest BCUT2D eigenvalue weighted by Crippen LogP contribution is 2.58. The Bertz CT molecular complexity index is 1610. The quantitative estimate of drug-likeness (QED) is 0.255. The molecule has 6 heteroatoms. The third-order valence-electron chi connectivity index (χ3n) is 8.25. The summed E-state index contributed by atoms with van der Waals surface area (Å²) in [7, 11) is 0. The molecule has 4 aromatic rings. The smallest absolute Gasteiger partial charge is 0.340 e. The van der Waals surface area contributed by atoms with Crippen LogP contribution in [-0.2, 0) is 10.3 Å². The standard InChI is InChI=1S/C33H29ClN2O3/c1-20-28(35-21-9-3-2-4-10-21)17-16-25-31(20)38-30-18-15-22(36-29-14-8-7-13-27(29)34)19-26(30)33(25)24-12-6-5-11-23(24)32(37)39-33/h5-8,11-19,21,35-36H,2-4,9-10H2,1H3. The summed E-state index contributed by atoms with van der Waals surface area (Å²) in [5, 5.41) is 7.80. The van der Waals surface area contributed by atoms with Crippen LogP contribution >= 0.6 is 11.6 Å². The van der Waals surface area contributed by atoms with Gasteiger partial charge in [-0.25, -0.2) is 4.79 Å². The van der Waals surface area contributed by atoms with Gasteiger partial charge in [-0.05, 0) is 68.3 Å². The Balaban J connectivity index is 1.38. The van der Waals surface area contributed by atoms with Gasteiger partial charge in [0.05, 0.1) is 16.3 Å². The first kappa shape index (κ1) is 24.1. The lowest BCUT2D eigenvalue weighted by atomic mass is 9.77. The largest absolute Gasteiger partial charge is 0.456 e. The third-order valence-corrected chi connectivity index (χ3v) is 8.58. The van der Waals surface area contributed by atoms with Crippen molar-refractivity contribution in [1.82, 2.24) is 0 Å². The molecule has 1 aliphatic carbocycles. The van der Waals surface area contributed by atoms with Crippen molar-refractivity contribution in [3.05, 3.63) is 112 Å². The van der Waals surface area contributed by atoms with E-state index in [0.29, 0.717) is 22.4 Å². The molecule has 1 saturated carbocycles. The van der Waals surface area contributed by atoms with E-state index in [0.717, 1.165) is 45.1 Å². The van der Waals surface area contributed by atoms with Gasteiger partial charge in [-0.3, -0.25) is 0 Å². The minimum atomic E-state index is -1.12. The van der Waals surface area contributed by atoms with Gasteiger partial charge < -0.3 is 20.1 Å². The van der Waals surface area contributed by atoms with E-state index in [1.54, 1.807) is 0 Å². The number of fused-ring (bicyclic) bond motifs is 6. The zero-order valence-electron chi connectivity index (χ0n) is 21.7. The highest BCUT2D eigenvalue weighted by molar-refractivity contribution is 6.33. The molecule has 0 saturated heterocycles. The van der Waals surface area contributed by atoms with Gasteiger partial charge in [0.1, 0.15) is 11.5 Å². The van der Waals surface area contributed by atoms with Crippen LogP contribution in [0.1, 0.15) is 64.7 Å². The van der Waals surface area contributed by atoms with Gasteiger partial charge in [-0.1, -0.05) is 61.2 Å². The van der Waals surface area contributed by atoms with Crippen LogP contribution in [0.2, 0.25) is 5.02 Å². The van der Waals surface area contributed by atoms with Crippen molar-refractivity contribution in [2.45, 2.75) is 50.7 Å². The minimum Gasteiger partial charge on any atom is -0.456 e. The summed E-state index contributed by atoms with van der Waals surface area (Å²) in [4.78, 5) is 13.3. The summed E-state index contributed by atoms with van der Waals surface area (Å²) >= 11 is 6.43. The predicted octanol–water partition coefficient (Wildman–Crippen LogP) is 8.70. The van der Waals surface area contributed by atoms with Gasteiger partial charge in [0, 0.05) is 39.7 Å². The number of nitrogens with one attached hydrogen (secondary N) is 2. The first-order valence-corrected chi connectivity index (χ1v) is 14.0. The van der Waals surface area contributed by atoms with Gasteiger partial charge in [0.15, 0.2) is 5.60 Å². The number of hydrogen-bond acceptors (Lipinski definition) is 5. The van der Waals surface area contributed by atoms with E-state index in [-0.39, 0.29) is 5.97 Å². The van der Waals surface area contributed by atoms with E-state index in [1.807, 2.05) is 66.7 Å². The number of para-hydroxylation sites is 1. The molecule has 2 N–H and O–H groups in total. The molecule has 1 unspecified atom stereocenters. The molecule has 1 spiro atoms. The molecule has 2 heterocycles. The summed E-state index contributed by atoms with van der Waals surface area (Å²) in [6, 6.07) is 25.8. The number of benzene rings is 4. The maximum atomic E-state index is 13.3.